The average molecular weight is 631 g/mol. The molecular weight excluding hydrogens is 568 g/mol. The number of hydrogen-bond donors (Lipinski definition) is 3. The molecule has 4 fully saturated rings. The zero-order chi connectivity index (χ0) is 35.1. The van der Waals surface area contributed by atoms with Crippen LogP contribution in [0, 0.1) is 76.9 Å². The van der Waals surface area contributed by atoms with Gasteiger partial charge in [0.15, 0.2) is 0 Å². The molecule has 3 N–H and O–H groups in total. The van der Waals surface area contributed by atoms with E-state index in [1.54, 1.807) is 18.2 Å². The van der Waals surface area contributed by atoms with Crippen LogP contribution >= 0.6 is 0 Å². The van der Waals surface area contributed by atoms with E-state index >= 15 is 0 Å². The van der Waals surface area contributed by atoms with Gasteiger partial charge in [-0.2, -0.15) is 0 Å². The largest absolute Gasteiger partial charge is 0.507 e. The molecule has 0 aliphatic heterocycles. The molecule has 0 spiro atoms. The van der Waals surface area contributed by atoms with Crippen LogP contribution in [0.25, 0.3) is 5.57 Å². The average Bonchev–Trinajstić information content (AvgIpc) is 3.49. The Labute approximate surface area is 281 Å². The summed E-state index contributed by atoms with van der Waals surface area (Å²) in [7, 11) is 0. The summed E-state index contributed by atoms with van der Waals surface area (Å²) >= 11 is 0. The number of allylic oxidation sites excluding steroid dienone is 3. The van der Waals surface area contributed by atoms with Gasteiger partial charge in [0.25, 0.3) is 0 Å². The van der Waals surface area contributed by atoms with Gasteiger partial charge in [-0.15, -0.1) is 32.3 Å². The molecule has 0 amide bonds. The Hall–Kier alpha value is -2.95. The first kappa shape index (κ1) is 39.2. The number of aliphatic hydroxyl groups excluding tert-OH is 1. The van der Waals surface area contributed by atoms with E-state index in [0.29, 0.717) is 23.9 Å². The number of phenols is 1. The number of aromatic carboxylic acids is 1. The monoisotopic (exact) mass is 630 g/mol. The van der Waals surface area contributed by atoms with E-state index in [0.717, 1.165) is 29.7 Å². The Morgan fingerprint density at radius 3 is 2.11 bits per heavy atom. The third-order valence-electron chi connectivity index (χ3n) is 13.1. The van der Waals surface area contributed by atoms with Gasteiger partial charge in [-0.1, -0.05) is 66.2 Å². The Morgan fingerprint density at radius 2 is 1.54 bits per heavy atom. The van der Waals surface area contributed by atoms with E-state index in [2.05, 4.69) is 66.0 Å². The number of aromatic hydroxyl groups is 1. The Bertz CT molecular complexity index is 1260. The molecule has 0 saturated heterocycles. The van der Waals surface area contributed by atoms with E-state index in [-0.39, 0.29) is 27.6 Å². The maximum absolute atomic E-state index is 11.4. The van der Waals surface area contributed by atoms with Gasteiger partial charge in [-0.3, -0.25) is 0 Å². The summed E-state index contributed by atoms with van der Waals surface area (Å²) in [6.45, 7) is 19.6. The van der Waals surface area contributed by atoms with Crippen LogP contribution in [0.2, 0.25) is 0 Å². The summed E-state index contributed by atoms with van der Waals surface area (Å²) in [6.07, 6.45) is 32.8. The molecule has 4 unspecified atom stereocenters. The molecule has 1 aromatic rings. The molecule has 4 nitrogen and oxygen atoms in total. The summed E-state index contributed by atoms with van der Waals surface area (Å²) in [6, 6.07) is 5.10. The molecule has 5 aliphatic rings. The predicted molar refractivity (Wildman–Crippen MR) is 193 cm³/mol. The molecule has 0 aromatic heterocycles. The highest BCUT2D eigenvalue weighted by Crippen LogP contribution is 2.73. The summed E-state index contributed by atoms with van der Waals surface area (Å²) in [5.41, 5.74) is 2.98. The van der Waals surface area contributed by atoms with E-state index in [4.69, 9.17) is 0 Å². The van der Waals surface area contributed by atoms with Gasteiger partial charge < -0.3 is 15.3 Å². The Morgan fingerprint density at radius 1 is 0.913 bits per heavy atom. The first-order valence-electron chi connectivity index (χ1n) is 17.5. The smallest absolute Gasteiger partial charge is 0.339 e. The molecule has 4 saturated carbocycles. The minimum absolute atomic E-state index is 0.0343. The van der Waals surface area contributed by atoms with E-state index in [1.807, 2.05) is 26.8 Å². The van der Waals surface area contributed by atoms with Gasteiger partial charge in [0.1, 0.15) is 11.3 Å². The van der Waals surface area contributed by atoms with Crippen molar-refractivity contribution in [2.75, 3.05) is 6.61 Å². The van der Waals surface area contributed by atoms with Crippen LogP contribution in [-0.2, 0) is 0 Å². The van der Waals surface area contributed by atoms with Crippen molar-refractivity contribution < 1.29 is 20.1 Å². The van der Waals surface area contributed by atoms with Gasteiger partial charge in [-0.05, 0) is 139 Å². The number of rotatable bonds is 3. The minimum atomic E-state index is -1.09. The highest BCUT2D eigenvalue weighted by molar-refractivity contribution is 5.91. The normalized spacial score (nSPS) is 36.0. The molecule has 4 heteroatoms. The summed E-state index contributed by atoms with van der Waals surface area (Å²) < 4.78 is 0. The molecular formula is C42H62O4. The maximum Gasteiger partial charge on any atom is 0.339 e. The van der Waals surface area contributed by atoms with Crippen molar-refractivity contribution >= 4 is 11.5 Å². The maximum atomic E-state index is 11.4. The third-order valence-corrected chi connectivity index (χ3v) is 13.1. The number of fused-ring (bicyclic) bond motifs is 7. The lowest BCUT2D eigenvalue weighted by molar-refractivity contribution is -0.181. The highest BCUT2D eigenvalue weighted by atomic mass is 16.4. The molecule has 0 heterocycles. The SMILES string of the molecule is C#C.C#C.C=CC.CC.CC1(C)C(c2ccc(C(=O)O)c(O)c2)=CC[C@@]2(C)C1CC[C@@]1(C)C3CC[C@@]4(CO)CCCC4[C@H]3CCC12. The summed E-state index contributed by atoms with van der Waals surface area (Å²) in [4.78, 5) is 11.4. The molecule has 254 valence electrons. The number of carbonyl (C=O) groups is 1. The fraction of sp³-hybridized carbons (Fsp3) is 0.643. The molecule has 8 atom stereocenters. The zero-order valence-corrected chi connectivity index (χ0v) is 29.8. The van der Waals surface area contributed by atoms with Crippen LogP contribution < -0.4 is 0 Å². The molecule has 1 aromatic carbocycles. The number of terminal acetylenes is 2. The number of aliphatic hydroxyl groups is 1. The molecule has 5 aliphatic carbocycles. The van der Waals surface area contributed by atoms with Crippen molar-refractivity contribution in [3.63, 3.8) is 0 Å². The van der Waals surface area contributed by atoms with Gasteiger partial charge in [0, 0.05) is 6.61 Å². The quantitative estimate of drug-likeness (QED) is 0.229. The summed E-state index contributed by atoms with van der Waals surface area (Å²) in [5, 5.41) is 30.2. The van der Waals surface area contributed by atoms with Crippen molar-refractivity contribution in [2.45, 2.75) is 113 Å². The van der Waals surface area contributed by atoms with Crippen LogP contribution in [0.5, 0.6) is 5.75 Å². The number of benzene rings is 1. The van der Waals surface area contributed by atoms with Gasteiger partial charge in [0.2, 0.25) is 0 Å². The van der Waals surface area contributed by atoms with Crippen LogP contribution in [0.3, 0.4) is 0 Å². The first-order valence-corrected chi connectivity index (χ1v) is 17.5. The molecule has 6 rings (SSSR count). The Kier molecular flexibility index (Phi) is 13.4. The number of carboxylic acids is 1. The second-order valence-corrected chi connectivity index (χ2v) is 15.1. The second-order valence-electron chi connectivity index (χ2n) is 15.1. The first-order chi connectivity index (χ1) is 21.9. The van der Waals surface area contributed by atoms with Gasteiger partial charge >= 0.3 is 5.97 Å². The fourth-order valence-electron chi connectivity index (χ4n) is 11.6. The van der Waals surface area contributed by atoms with Crippen molar-refractivity contribution in [1.29, 1.82) is 0 Å². The lowest BCUT2D eigenvalue weighted by Crippen LogP contribution is -2.61. The fourth-order valence-corrected chi connectivity index (χ4v) is 11.6. The van der Waals surface area contributed by atoms with E-state index in [1.165, 1.54) is 63.4 Å². The van der Waals surface area contributed by atoms with Gasteiger partial charge in [-0.25, -0.2) is 4.79 Å². The predicted octanol–water partition coefficient (Wildman–Crippen LogP) is 10.3. The zero-order valence-electron chi connectivity index (χ0n) is 29.8. The van der Waals surface area contributed by atoms with Crippen LogP contribution in [-0.4, -0.2) is 27.9 Å². The summed E-state index contributed by atoms with van der Waals surface area (Å²) in [5.74, 6) is 2.35. The van der Waals surface area contributed by atoms with Crippen molar-refractivity contribution in [1.82, 2.24) is 0 Å². The standard InChI is InChI=1S/C33H46O4.C3H6.C2H6.2C2H2/c1-30(2)23(20-7-8-22(29(36)37)26(35)18-20)11-15-32(4)27(30)13-16-31(3)24-12-17-33(19-34)14-5-6-25(33)21(24)9-10-28(31)32;1-3-2;3*1-2/h7-8,11,18,21,24-25,27-28,34-35H,5-6,9-10,12-17,19H2,1-4H3,(H,36,37);3H,1H2,2H3;1-2H3;2*1-2H/t21-,24?,25?,27?,28?,31-,32-,33+;;;;/m0..../s1. The van der Waals surface area contributed by atoms with Crippen LogP contribution in [0.15, 0.2) is 36.9 Å². The third kappa shape index (κ3) is 6.45. The minimum Gasteiger partial charge on any atom is -0.507 e. The van der Waals surface area contributed by atoms with E-state index in [9.17, 15) is 20.1 Å². The van der Waals surface area contributed by atoms with Crippen LogP contribution in [0.4, 0.5) is 0 Å². The van der Waals surface area contributed by atoms with Gasteiger partial charge in [0.05, 0.1) is 0 Å². The van der Waals surface area contributed by atoms with Crippen molar-refractivity contribution in [2.24, 2.45) is 51.2 Å². The molecule has 0 bridgehead atoms. The topological polar surface area (TPSA) is 77.8 Å². The molecule has 0 radical (unpaired) electrons. The van der Waals surface area contributed by atoms with Crippen molar-refractivity contribution in [3.05, 3.63) is 48.1 Å². The van der Waals surface area contributed by atoms with Crippen molar-refractivity contribution in [3.8, 4) is 31.4 Å². The van der Waals surface area contributed by atoms with Crippen LogP contribution in [0.1, 0.15) is 129 Å². The second kappa shape index (κ2) is 15.8. The lowest BCUT2D eigenvalue weighted by atomic mass is 9.36. The Balaban J connectivity index is 0.000000749. The molecule has 46 heavy (non-hydrogen) atoms. The number of hydrogen-bond acceptors (Lipinski definition) is 3. The number of carboxylic acid groups (broad SMARTS) is 1. The van der Waals surface area contributed by atoms with E-state index < -0.39 is 5.97 Å². The highest BCUT2D eigenvalue weighted by Gasteiger charge is 2.65. The lowest BCUT2D eigenvalue weighted by Gasteiger charge is -2.68.